The first-order valence-electron chi connectivity index (χ1n) is 18.8. The van der Waals surface area contributed by atoms with E-state index in [4.69, 9.17) is 30.5 Å². The van der Waals surface area contributed by atoms with Gasteiger partial charge in [0.2, 0.25) is 41.4 Å². The van der Waals surface area contributed by atoms with Crippen molar-refractivity contribution in [2.45, 2.75) is 102 Å². The van der Waals surface area contributed by atoms with Gasteiger partial charge in [-0.25, -0.2) is 9.59 Å². The van der Waals surface area contributed by atoms with Gasteiger partial charge in [-0.3, -0.25) is 47.9 Å². The molecule has 7 amide bonds. The molecule has 0 fully saturated rings. The summed E-state index contributed by atoms with van der Waals surface area (Å²) in [6.07, 6.45) is -3.95. The molecule has 0 heterocycles. The van der Waals surface area contributed by atoms with Crippen molar-refractivity contribution in [2.24, 2.45) is 11.7 Å². The number of ether oxygens (including phenoxy) is 2. The summed E-state index contributed by atoms with van der Waals surface area (Å²) >= 11 is 0. The van der Waals surface area contributed by atoms with Gasteiger partial charge in [0.15, 0.2) is 24.7 Å². The van der Waals surface area contributed by atoms with Crippen molar-refractivity contribution in [3.8, 4) is 11.5 Å². The van der Waals surface area contributed by atoms with E-state index >= 15 is 0 Å². The number of carboxylic acids is 5. The van der Waals surface area contributed by atoms with E-state index in [1.54, 1.807) is 13.8 Å². The molecule has 1 rings (SSSR count). The van der Waals surface area contributed by atoms with E-state index in [2.05, 4.69) is 31.9 Å². The number of nitrogens with one attached hydrogen (secondary N) is 6. The Bertz CT molecular complexity index is 1890. The number of aliphatic carboxylic acids is 5. The molecule has 0 aromatic heterocycles. The summed E-state index contributed by atoms with van der Waals surface area (Å²) in [4.78, 5) is 147. The highest BCUT2D eigenvalue weighted by Gasteiger charge is 2.34. The molecule has 0 aliphatic rings. The molecule has 13 N–H and O–H groups in total. The molecular formula is C37H51N7O19. The van der Waals surface area contributed by atoms with Crippen LogP contribution in [0.15, 0.2) is 18.2 Å². The predicted molar refractivity (Wildman–Crippen MR) is 209 cm³/mol. The lowest BCUT2D eigenvalue weighted by atomic mass is 10.0. The van der Waals surface area contributed by atoms with E-state index in [9.17, 15) is 67.7 Å². The Morgan fingerprint density at radius 2 is 1.02 bits per heavy atom. The Labute approximate surface area is 358 Å². The first-order chi connectivity index (χ1) is 29.3. The molecule has 0 unspecified atom stereocenters. The highest BCUT2D eigenvalue weighted by atomic mass is 16.5. The molecule has 26 heteroatoms. The van der Waals surface area contributed by atoms with Crippen LogP contribution in [0.2, 0.25) is 0 Å². The summed E-state index contributed by atoms with van der Waals surface area (Å²) in [6.45, 7) is 3.72. The van der Waals surface area contributed by atoms with Crippen LogP contribution in [-0.2, 0) is 64.0 Å². The molecule has 1 aromatic rings. The van der Waals surface area contributed by atoms with Gasteiger partial charge in [-0.15, -0.1) is 0 Å². The third-order valence-electron chi connectivity index (χ3n) is 8.27. The zero-order chi connectivity index (χ0) is 48.1. The van der Waals surface area contributed by atoms with Gasteiger partial charge in [-0.2, -0.15) is 0 Å². The Morgan fingerprint density at radius 1 is 0.556 bits per heavy atom. The van der Waals surface area contributed by atoms with Crippen molar-refractivity contribution in [3.63, 3.8) is 0 Å². The molecule has 6 atom stereocenters. The monoisotopic (exact) mass is 897 g/mol. The third-order valence-corrected chi connectivity index (χ3v) is 8.27. The minimum absolute atomic E-state index is 0.0407. The molecule has 0 radical (unpaired) electrons. The molecule has 348 valence electrons. The number of hydrogen-bond donors (Lipinski definition) is 12. The average molecular weight is 898 g/mol. The predicted octanol–water partition coefficient (Wildman–Crippen LogP) is -3.55. The van der Waals surface area contributed by atoms with Crippen LogP contribution in [0.3, 0.4) is 0 Å². The molecule has 26 nitrogen and oxygen atoms in total. The summed E-state index contributed by atoms with van der Waals surface area (Å²) in [6, 6.07) is -6.44. The number of carboxylic acid groups (broad SMARTS) is 5. The fourth-order valence-corrected chi connectivity index (χ4v) is 5.40. The van der Waals surface area contributed by atoms with E-state index in [1.165, 1.54) is 12.1 Å². The topological polar surface area (TPSA) is 423 Å². The van der Waals surface area contributed by atoms with Crippen LogP contribution in [0, 0.1) is 5.92 Å². The third kappa shape index (κ3) is 21.0. The van der Waals surface area contributed by atoms with Crippen LogP contribution in [0.5, 0.6) is 11.5 Å². The van der Waals surface area contributed by atoms with Crippen molar-refractivity contribution < 1.29 is 92.5 Å². The van der Waals surface area contributed by atoms with Gasteiger partial charge in [0.1, 0.15) is 36.3 Å². The minimum atomic E-state index is -2.00. The van der Waals surface area contributed by atoms with Crippen molar-refractivity contribution in [3.05, 3.63) is 23.8 Å². The first-order valence-corrected chi connectivity index (χ1v) is 18.8. The number of amides is 7. The summed E-state index contributed by atoms with van der Waals surface area (Å²) in [5.74, 6) is -15.8. The Kier molecular flexibility index (Phi) is 22.0. The van der Waals surface area contributed by atoms with Gasteiger partial charge in [-0.1, -0.05) is 19.9 Å². The van der Waals surface area contributed by atoms with Crippen LogP contribution in [-0.4, -0.2) is 146 Å². The quantitative estimate of drug-likeness (QED) is 0.0370. The Hall–Kier alpha value is -7.54. The molecule has 0 saturated carbocycles. The van der Waals surface area contributed by atoms with Gasteiger partial charge < -0.3 is 72.6 Å². The number of nitrogens with two attached hydrogens (primary N) is 1. The number of hydrogen-bond acceptors (Lipinski definition) is 14. The van der Waals surface area contributed by atoms with E-state index in [1.807, 2.05) is 0 Å². The van der Waals surface area contributed by atoms with E-state index in [0.29, 0.717) is 0 Å². The summed E-state index contributed by atoms with van der Waals surface area (Å²) in [5, 5.41) is 59.4. The molecule has 0 aliphatic carbocycles. The van der Waals surface area contributed by atoms with Gasteiger partial charge in [0.25, 0.3) is 0 Å². The molecule has 1 aromatic carbocycles. The van der Waals surface area contributed by atoms with Crippen LogP contribution in [0.4, 0.5) is 0 Å². The van der Waals surface area contributed by atoms with Gasteiger partial charge in [-0.05, 0) is 43.4 Å². The number of carbonyl (C=O) groups is 12. The molecular weight excluding hydrogens is 846 g/mol. The fraction of sp³-hybridized carbons (Fsp3) is 0.514. The smallest absolute Gasteiger partial charge is 0.341 e. The maximum atomic E-state index is 13.9. The fourth-order valence-electron chi connectivity index (χ4n) is 5.40. The van der Waals surface area contributed by atoms with Gasteiger partial charge in [0.05, 0.1) is 12.8 Å². The van der Waals surface area contributed by atoms with Gasteiger partial charge >= 0.3 is 29.8 Å². The largest absolute Gasteiger partial charge is 0.481 e. The van der Waals surface area contributed by atoms with E-state index in [-0.39, 0.29) is 29.4 Å². The second-order valence-corrected chi connectivity index (χ2v) is 14.2. The SMILES string of the molecule is CC(=O)N[C@@H](CC(=O)O)C(=O)N[C@@H](C)C(=O)N[C@@H](CC(=O)O)C(=O)N[C@@H](CCC(=O)O)C(=O)N[C@@H](Cc1ccc(OCC(=O)O)c(OCC(=O)O)c1)C(=O)N[C@@H](CC(C)C)C(N)=O. The number of carbonyl (C=O) groups excluding carboxylic acids is 7. The maximum Gasteiger partial charge on any atom is 0.341 e. The van der Waals surface area contributed by atoms with E-state index in [0.717, 1.165) is 19.9 Å². The van der Waals surface area contributed by atoms with Crippen LogP contribution in [0.1, 0.15) is 65.4 Å². The lowest BCUT2D eigenvalue weighted by Crippen LogP contribution is -2.60. The summed E-state index contributed by atoms with van der Waals surface area (Å²) in [7, 11) is 0. The average Bonchev–Trinajstić information content (AvgIpc) is 3.15. The second kappa shape index (κ2) is 25.9. The lowest BCUT2D eigenvalue weighted by molar-refractivity contribution is -0.142. The normalized spacial score (nSPS) is 13.5. The molecule has 0 aliphatic heterocycles. The second-order valence-electron chi connectivity index (χ2n) is 14.2. The number of benzene rings is 1. The lowest BCUT2D eigenvalue weighted by Gasteiger charge is -2.27. The molecule has 0 spiro atoms. The van der Waals surface area contributed by atoms with E-state index < -0.39 is 153 Å². The van der Waals surface area contributed by atoms with Crippen LogP contribution in [0.25, 0.3) is 0 Å². The summed E-state index contributed by atoms with van der Waals surface area (Å²) in [5.41, 5.74) is 5.61. The molecule has 0 bridgehead atoms. The first kappa shape index (κ1) is 53.5. The highest BCUT2D eigenvalue weighted by Crippen LogP contribution is 2.29. The van der Waals surface area contributed by atoms with Crippen molar-refractivity contribution in [1.29, 1.82) is 0 Å². The Morgan fingerprint density at radius 3 is 1.51 bits per heavy atom. The van der Waals surface area contributed by atoms with Gasteiger partial charge in [0, 0.05) is 19.8 Å². The molecule has 63 heavy (non-hydrogen) atoms. The number of primary amides is 1. The van der Waals surface area contributed by atoms with Crippen molar-refractivity contribution in [2.75, 3.05) is 13.2 Å². The van der Waals surface area contributed by atoms with Crippen molar-refractivity contribution >= 4 is 71.2 Å². The van der Waals surface area contributed by atoms with Crippen LogP contribution >= 0.6 is 0 Å². The Balaban J connectivity index is 3.57. The van der Waals surface area contributed by atoms with Crippen LogP contribution < -0.4 is 47.1 Å². The standard InChI is InChI=1S/C37H51N7O19/c1-16(2)9-21(32(38)56)42-36(60)22(10-19-5-7-25(62-14-30(52)53)26(11-19)63-15-31(54)55)44-34(58)20(6-8-27(46)47)41-37(61)24(13-29(50)51)43-33(57)17(3)39-35(59)23(12-28(48)49)40-18(4)45/h5,7,11,16-17,20-24H,6,8-10,12-15H2,1-4H3,(H2,38,56)(H,39,59)(H,40,45)(H,41,61)(H,42,60)(H,43,57)(H,44,58)(H,46,47)(H,48,49)(H,50,51)(H,52,53)(H,54,55)/t17-,20-,21-,22-,23-,24-/m0/s1. The maximum absolute atomic E-state index is 13.9. The molecule has 0 saturated heterocycles. The zero-order valence-corrected chi connectivity index (χ0v) is 34.5. The zero-order valence-electron chi connectivity index (χ0n) is 34.5. The highest BCUT2D eigenvalue weighted by molar-refractivity contribution is 5.98. The summed E-state index contributed by atoms with van der Waals surface area (Å²) < 4.78 is 10.4. The number of rotatable bonds is 29. The van der Waals surface area contributed by atoms with Crippen molar-refractivity contribution in [1.82, 2.24) is 31.9 Å². The minimum Gasteiger partial charge on any atom is -0.481 e.